The number of hydrogen-bond acceptors (Lipinski definition) is 7. The Balaban J connectivity index is 1.49. The predicted octanol–water partition coefficient (Wildman–Crippen LogP) is 1.40. The summed E-state index contributed by atoms with van der Waals surface area (Å²) in [5.41, 5.74) is 5.69. The van der Waals surface area contributed by atoms with Gasteiger partial charge in [0.15, 0.2) is 12.1 Å². The van der Waals surface area contributed by atoms with Crippen LogP contribution in [-0.2, 0) is 0 Å². The summed E-state index contributed by atoms with van der Waals surface area (Å²) in [6.45, 7) is 2.53. The van der Waals surface area contributed by atoms with Crippen LogP contribution >= 0.6 is 0 Å². The molecule has 0 aromatic carbocycles. The van der Waals surface area contributed by atoms with E-state index in [0.717, 1.165) is 25.7 Å². The fraction of sp³-hybridized carbons (Fsp3) is 0.529. The van der Waals surface area contributed by atoms with Crippen molar-refractivity contribution in [1.29, 1.82) is 0 Å². The lowest BCUT2D eigenvalue weighted by atomic mass is 9.82. The van der Waals surface area contributed by atoms with Crippen LogP contribution in [0.25, 0.3) is 0 Å². The molecule has 2 saturated heterocycles. The molecule has 1 atom stereocenters. The molecule has 2 aromatic rings. The van der Waals surface area contributed by atoms with Crippen molar-refractivity contribution in [3.05, 3.63) is 30.3 Å². The second-order valence-electron chi connectivity index (χ2n) is 7.10. The number of rotatable bonds is 2. The van der Waals surface area contributed by atoms with Gasteiger partial charge in [0.1, 0.15) is 6.26 Å². The van der Waals surface area contributed by atoms with Crippen molar-refractivity contribution in [3.8, 4) is 0 Å². The van der Waals surface area contributed by atoms with Crippen molar-refractivity contribution in [3.63, 3.8) is 0 Å². The van der Waals surface area contributed by atoms with Crippen LogP contribution in [0.5, 0.6) is 0 Å². The minimum absolute atomic E-state index is 0.0129. The van der Waals surface area contributed by atoms with Crippen LogP contribution in [0.15, 0.2) is 27.7 Å². The summed E-state index contributed by atoms with van der Waals surface area (Å²) in [7, 11) is 0. The van der Waals surface area contributed by atoms with Gasteiger partial charge in [0.2, 0.25) is 5.76 Å². The van der Waals surface area contributed by atoms with Gasteiger partial charge in [-0.25, -0.2) is 9.97 Å². The number of nitrogens with two attached hydrogens (primary N) is 1. The Morgan fingerprint density at radius 3 is 2.58 bits per heavy atom. The highest BCUT2D eigenvalue weighted by Gasteiger charge is 2.43. The lowest BCUT2D eigenvalue weighted by Gasteiger charge is -2.32. The SMILES string of the molecule is Nc1ncc(C(=O)N2CCC3(CCCCN(C(=O)c4cocn4)C3)C2)o1. The number of nitrogens with zero attached hydrogens (tertiary/aromatic N) is 4. The molecule has 1 spiro atoms. The smallest absolute Gasteiger partial charge is 0.292 e. The van der Waals surface area contributed by atoms with Crippen LogP contribution in [0, 0.1) is 5.41 Å². The summed E-state index contributed by atoms with van der Waals surface area (Å²) >= 11 is 0. The molecule has 4 rings (SSSR count). The molecule has 2 aliphatic rings. The number of anilines is 1. The van der Waals surface area contributed by atoms with E-state index in [9.17, 15) is 9.59 Å². The van der Waals surface area contributed by atoms with E-state index in [1.54, 1.807) is 4.90 Å². The minimum Gasteiger partial charge on any atom is -0.451 e. The Kier molecular flexibility index (Phi) is 4.14. The first-order valence-electron chi connectivity index (χ1n) is 8.74. The minimum atomic E-state index is -0.204. The average molecular weight is 359 g/mol. The molecule has 4 heterocycles. The maximum Gasteiger partial charge on any atom is 0.292 e. The lowest BCUT2D eigenvalue weighted by Crippen LogP contribution is -2.42. The molecule has 1 unspecified atom stereocenters. The number of carbonyl (C=O) groups excluding carboxylic acids is 2. The molecule has 0 bridgehead atoms. The van der Waals surface area contributed by atoms with Crippen LogP contribution < -0.4 is 5.73 Å². The Bertz CT molecular complexity index is 802. The molecule has 2 aromatic heterocycles. The highest BCUT2D eigenvalue weighted by atomic mass is 16.4. The molecular weight excluding hydrogens is 338 g/mol. The summed E-state index contributed by atoms with van der Waals surface area (Å²) in [5, 5.41) is 0. The topological polar surface area (TPSA) is 119 Å². The molecule has 9 nitrogen and oxygen atoms in total. The quantitative estimate of drug-likeness (QED) is 0.861. The normalized spacial score (nSPS) is 23.4. The van der Waals surface area contributed by atoms with Crippen molar-refractivity contribution in [2.24, 2.45) is 5.41 Å². The van der Waals surface area contributed by atoms with Gasteiger partial charge in [0.25, 0.3) is 17.8 Å². The molecule has 2 aliphatic heterocycles. The fourth-order valence-corrected chi connectivity index (χ4v) is 4.00. The van der Waals surface area contributed by atoms with E-state index in [-0.39, 0.29) is 29.0 Å². The van der Waals surface area contributed by atoms with E-state index in [0.29, 0.717) is 31.9 Å². The zero-order chi connectivity index (χ0) is 18.1. The van der Waals surface area contributed by atoms with Crippen LogP contribution in [0.2, 0.25) is 0 Å². The Morgan fingerprint density at radius 2 is 1.88 bits per heavy atom. The Hall–Kier alpha value is -2.84. The van der Waals surface area contributed by atoms with E-state index < -0.39 is 0 Å². The molecular formula is C17H21N5O4. The number of oxazole rings is 2. The summed E-state index contributed by atoms with van der Waals surface area (Å²) in [6.07, 6.45) is 7.80. The molecule has 2 amide bonds. The van der Waals surface area contributed by atoms with Crippen molar-refractivity contribution < 1.29 is 18.4 Å². The first-order valence-corrected chi connectivity index (χ1v) is 8.74. The van der Waals surface area contributed by atoms with E-state index in [2.05, 4.69) is 9.97 Å². The second-order valence-corrected chi connectivity index (χ2v) is 7.10. The molecule has 0 radical (unpaired) electrons. The zero-order valence-corrected chi connectivity index (χ0v) is 14.4. The van der Waals surface area contributed by atoms with E-state index in [1.807, 2.05) is 4.90 Å². The van der Waals surface area contributed by atoms with Crippen LogP contribution in [0.1, 0.15) is 46.7 Å². The summed E-state index contributed by atoms with van der Waals surface area (Å²) < 4.78 is 10.1. The van der Waals surface area contributed by atoms with Gasteiger partial charge in [-0.15, -0.1) is 0 Å². The lowest BCUT2D eigenvalue weighted by molar-refractivity contribution is 0.0655. The van der Waals surface area contributed by atoms with Crippen molar-refractivity contribution in [1.82, 2.24) is 19.8 Å². The van der Waals surface area contributed by atoms with E-state index in [4.69, 9.17) is 14.6 Å². The standard InChI is InChI=1S/C17H21N5O4/c18-16-19-7-13(26-16)15(24)22-6-4-17(10-22)3-1-2-5-21(9-17)14(23)12-8-25-11-20-12/h7-8,11H,1-6,9-10H2,(H2,18,19). The maximum atomic E-state index is 12.7. The molecule has 26 heavy (non-hydrogen) atoms. The monoisotopic (exact) mass is 359 g/mol. The number of aromatic nitrogens is 2. The number of nitrogen functional groups attached to an aromatic ring is 1. The third-order valence-corrected chi connectivity index (χ3v) is 5.31. The highest BCUT2D eigenvalue weighted by molar-refractivity contribution is 5.92. The third kappa shape index (κ3) is 3.04. The first-order chi connectivity index (χ1) is 12.6. The number of hydrogen-bond donors (Lipinski definition) is 1. The van der Waals surface area contributed by atoms with E-state index >= 15 is 0 Å². The van der Waals surface area contributed by atoms with Gasteiger partial charge in [-0.2, -0.15) is 0 Å². The zero-order valence-electron chi connectivity index (χ0n) is 14.4. The van der Waals surface area contributed by atoms with Gasteiger partial charge >= 0.3 is 0 Å². The third-order valence-electron chi connectivity index (χ3n) is 5.31. The largest absolute Gasteiger partial charge is 0.451 e. The van der Waals surface area contributed by atoms with Gasteiger partial charge in [0.05, 0.1) is 6.20 Å². The van der Waals surface area contributed by atoms with Gasteiger partial charge < -0.3 is 24.4 Å². The maximum absolute atomic E-state index is 12.7. The highest BCUT2D eigenvalue weighted by Crippen LogP contribution is 2.39. The Morgan fingerprint density at radius 1 is 1.08 bits per heavy atom. The van der Waals surface area contributed by atoms with Crippen LogP contribution in [-0.4, -0.2) is 57.8 Å². The van der Waals surface area contributed by atoms with Crippen molar-refractivity contribution >= 4 is 17.8 Å². The predicted molar refractivity (Wildman–Crippen MR) is 90.1 cm³/mol. The molecule has 2 N–H and O–H groups in total. The molecule has 2 fully saturated rings. The number of amides is 2. The van der Waals surface area contributed by atoms with Crippen LogP contribution in [0.4, 0.5) is 6.01 Å². The first kappa shape index (κ1) is 16.6. The Labute approximate surface area is 150 Å². The molecule has 9 heteroatoms. The van der Waals surface area contributed by atoms with Gasteiger partial charge in [-0.05, 0) is 19.3 Å². The molecule has 0 saturated carbocycles. The van der Waals surface area contributed by atoms with Gasteiger partial charge in [-0.1, -0.05) is 6.42 Å². The fourth-order valence-electron chi connectivity index (χ4n) is 4.00. The van der Waals surface area contributed by atoms with Crippen LogP contribution in [0.3, 0.4) is 0 Å². The summed E-state index contributed by atoms with van der Waals surface area (Å²) in [4.78, 5) is 36.6. The average Bonchev–Trinajstić information content (AvgIpc) is 3.35. The second kappa shape index (κ2) is 6.47. The van der Waals surface area contributed by atoms with Crippen molar-refractivity contribution in [2.45, 2.75) is 25.7 Å². The number of carbonyl (C=O) groups is 2. The van der Waals surface area contributed by atoms with Crippen molar-refractivity contribution in [2.75, 3.05) is 31.9 Å². The van der Waals surface area contributed by atoms with Gasteiger partial charge in [-0.3, -0.25) is 9.59 Å². The summed E-state index contributed by atoms with van der Waals surface area (Å²) in [5.74, 6) is -0.166. The molecule has 138 valence electrons. The van der Waals surface area contributed by atoms with E-state index in [1.165, 1.54) is 18.9 Å². The number of likely N-dealkylation sites (tertiary alicyclic amines) is 2. The van der Waals surface area contributed by atoms with Gasteiger partial charge in [0, 0.05) is 31.6 Å². The molecule has 0 aliphatic carbocycles. The summed E-state index contributed by atoms with van der Waals surface area (Å²) in [6, 6.07) is -0.0129.